The summed E-state index contributed by atoms with van der Waals surface area (Å²) in [6.07, 6.45) is 0.766. The number of rotatable bonds is 6. The number of nitrogen functional groups attached to an aromatic ring is 1. The predicted molar refractivity (Wildman–Crippen MR) is 93.9 cm³/mol. The van der Waals surface area contributed by atoms with Crippen LogP contribution in [0.1, 0.15) is 30.6 Å². The van der Waals surface area contributed by atoms with E-state index in [9.17, 15) is 19.5 Å². The lowest BCUT2D eigenvalue weighted by atomic mass is 10.1. The van der Waals surface area contributed by atoms with Crippen molar-refractivity contribution in [2.24, 2.45) is 0 Å². The Kier molecular flexibility index (Phi) is 4.77. The summed E-state index contributed by atoms with van der Waals surface area (Å²) >= 11 is 0. The van der Waals surface area contributed by atoms with E-state index in [-0.39, 0.29) is 40.1 Å². The normalized spacial score (nSPS) is 12.0. The van der Waals surface area contributed by atoms with Crippen molar-refractivity contribution in [1.82, 2.24) is 5.32 Å². The third kappa shape index (κ3) is 3.03. The molecule has 6 N–H and O–H groups in total. The number of hydrogen-bond donors (Lipinski definition) is 5. The van der Waals surface area contributed by atoms with Crippen molar-refractivity contribution < 1.29 is 9.90 Å². The number of benzene rings is 1. The van der Waals surface area contributed by atoms with E-state index in [0.717, 1.165) is 6.42 Å². The van der Waals surface area contributed by atoms with Gasteiger partial charge in [0.25, 0.3) is 16.8 Å². The highest BCUT2D eigenvalue weighted by molar-refractivity contribution is 6.00. The SMILES string of the molecule is CC[C@H](C)Nc1c(Nc2cc(N)cc(C(=O)NC)c2O)c(=O)c1=O. The summed E-state index contributed by atoms with van der Waals surface area (Å²) in [6.45, 7) is 3.82. The van der Waals surface area contributed by atoms with E-state index in [1.165, 1.54) is 19.2 Å². The molecule has 0 heterocycles. The van der Waals surface area contributed by atoms with Crippen LogP contribution in [-0.2, 0) is 0 Å². The van der Waals surface area contributed by atoms with Crippen LogP contribution in [0.4, 0.5) is 22.7 Å². The van der Waals surface area contributed by atoms with E-state index in [2.05, 4.69) is 16.0 Å². The highest BCUT2D eigenvalue weighted by Crippen LogP contribution is 2.34. The predicted octanol–water partition coefficient (Wildman–Crippen LogP) is 0.884. The van der Waals surface area contributed by atoms with Crippen molar-refractivity contribution in [3.63, 3.8) is 0 Å². The molecular formula is C16H20N4O4. The number of amides is 1. The minimum absolute atomic E-state index is 0.00437. The molecule has 128 valence electrons. The molecule has 0 spiro atoms. The Morgan fingerprint density at radius 2 is 1.88 bits per heavy atom. The Labute approximate surface area is 138 Å². The van der Waals surface area contributed by atoms with Crippen molar-refractivity contribution in [2.75, 3.05) is 23.4 Å². The molecule has 0 unspecified atom stereocenters. The van der Waals surface area contributed by atoms with E-state index in [1.807, 2.05) is 13.8 Å². The van der Waals surface area contributed by atoms with Gasteiger partial charge in [-0.2, -0.15) is 0 Å². The summed E-state index contributed by atoms with van der Waals surface area (Å²) < 4.78 is 0. The van der Waals surface area contributed by atoms with Gasteiger partial charge in [0.2, 0.25) is 0 Å². The molecule has 8 nitrogen and oxygen atoms in total. The number of phenols is 1. The summed E-state index contributed by atoms with van der Waals surface area (Å²) in [5.41, 5.74) is 4.91. The summed E-state index contributed by atoms with van der Waals surface area (Å²) in [4.78, 5) is 35.3. The van der Waals surface area contributed by atoms with Crippen LogP contribution < -0.4 is 32.5 Å². The molecule has 2 rings (SSSR count). The zero-order valence-electron chi connectivity index (χ0n) is 13.7. The van der Waals surface area contributed by atoms with Crippen LogP contribution in [0, 0.1) is 0 Å². The number of aromatic hydroxyl groups is 1. The smallest absolute Gasteiger partial charge is 0.254 e. The van der Waals surface area contributed by atoms with Gasteiger partial charge in [0.15, 0.2) is 5.75 Å². The quantitative estimate of drug-likeness (QED) is 0.229. The van der Waals surface area contributed by atoms with Gasteiger partial charge in [-0.3, -0.25) is 14.4 Å². The zero-order chi connectivity index (χ0) is 18.0. The Balaban J connectivity index is 2.41. The number of hydrogen-bond acceptors (Lipinski definition) is 7. The molecular weight excluding hydrogens is 312 g/mol. The molecule has 0 bridgehead atoms. The number of phenolic OH excluding ortho intramolecular Hbond substituents is 1. The Morgan fingerprint density at radius 1 is 1.25 bits per heavy atom. The third-order valence-electron chi connectivity index (χ3n) is 3.78. The highest BCUT2D eigenvalue weighted by atomic mass is 16.3. The monoisotopic (exact) mass is 332 g/mol. The van der Waals surface area contributed by atoms with Gasteiger partial charge in [0.1, 0.15) is 11.4 Å². The molecule has 0 aliphatic heterocycles. The second-order valence-electron chi connectivity index (χ2n) is 5.53. The maximum Gasteiger partial charge on any atom is 0.254 e. The summed E-state index contributed by atoms with van der Waals surface area (Å²) in [5.74, 6) is -0.878. The molecule has 8 heteroatoms. The lowest BCUT2D eigenvalue weighted by Crippen LogP contribution is -2.38. The lowest BCUT2D eigenvalue weighted by Gasteiger charge is -2.19. The number of carbonyl (C=O) groups excluding carboxylic acids is 1. The fourth-order valence-corrected chi connectivity index (χ4v) is 2.19. The first-order valence-corrected chi connectivity index (χ1v) is 7.51. The molecule has 0 saturated carbocycles. The van der Waals surface area contributed by atoms with Crippen LogP contribution in [0.25, 0.3) is 0 Å². The summed E-state index contributed by atoms with van der Waals surface area (Å²) in [7, 11) is 1.42. The molecule has 2 aromatic carbocycles. The van der Waals surface area contributed by atoms with Crippen molar-refractivity contribution >= 4 is 28.7 Å². The first-order valence-electron chi connectivity index (χ1n) is 7.51. The first-order chi connectivity index (χ1) is 11.3. The average molecular weight is 332 g/mol. The number of anilines is 4. The molecule has 0 saturated heterocycles. The van der Waals surface area contributed by atoms with Gasteiger partial charge in [-0.05, 0) is 25.5 Å². The highest BCUT2D eigenvalue weighted by Gasteiger charge is 2.24. The van der Waals surface area contributed by atoms with Crippen LogP contribution in [0.3, 0.4) is 0 Å². The number of nitrogens with two attached hydrogens (primary N) is 1. The van der Waals surface area contributed by atoms with E-state index in [0.29, 0.717) is 0 Å². The molecule has 0 aliphatic rings. The second kappa shape index (κ2) is 6.61. The molecule has 2 aromatic rings. The van der Waals surface area contributed by atoms with Crippen molar-refractivity contribution in [3.8, 4) is 5.75 Å². The summed E-state index contributed by atoms with van der Waals surface area (Å²) in [5, 5.41) is 18.3. The lowest BCUT2D eigenvalue weighted by molar-refractivity contribution is 0.0960. The topological polar surface area (TPSA) is 134 Å². The van der Waals surface area contributed by atoms with Gasteiger partial charge in [0.05, 0.1) is 11.3 Å². The largest absolute Gasteiger partial charge is 0.505 e. The molecule has 24 heavy (non-hydrogen) atoms. The Morgan fingerprint density at radius 3 is 2.46 bits per heavy atom. The minimum atomic E-state index is -0.691. The minimum Gasteiger partial charge on any atom is -0.505 e. The molecule has 1 amide bonds. The standard InChI is InChI=1S/C16H20N4O4/c1-4-7(2)19-11-12(15(23)14(11)22)20-10-6-8(17)5-9(13(10)21)16(24)18-3/h5-7,19-21H,4,17H2,1-3H3,(H,18,24)/t7-/m0/s1. The van der Waals surface area contributed by atoms with Crippen LogP contribution >= 0.6 is 0 Å². The third-order valence-corrected chi connectivity index (χ3v) is 3.78. The van der Waals surface area contributed by atoms with Crippen LogP contribution in [0.2, 0.25) is 0 Å². The maximum absolute atomic E-state index is 11.8. The van der Waals surface area contributed by atoms with Crippen LogP contribution in [0.15, 0.2) is 21.7 Å². The van der Waals surface area contributed by atoms with Gasteiger partial charge in [0, 0.05) is 18.8 Å². The number of nitrogens with one attached hydrogen (secondary N) is 3. The van der Waals surface area contributed by atoms with Gasteiger partial charge >= 0.3 is 0 Å². The van der Waals surface area contributed by atoms with Crippen molar-refractivity contribution in [2.45, 2.75) is 26.3 Å². The van der Waals surface area contributed by atoms with Gasteiger partial charge in [-0.1, -0.05) is 6.92 Å². The Bertz CT molecular complexity index is 853. The van der Waals surface area contributed by atoms with Crippen molar-refractivity contribution in [3.05, 3.63) is 38.1 Å². The summed E-state index contributed by atoms with van der Waals surface area (Å²) in [6, 6.07) is 2.70. The molecule has 0 fully saturated rings. The van der Waals surface area contributed by atoms with E-state index >= 15 is 0 Å². The van der Waals surface area contributed by atoms with Crippen LogP contribution in [-0.4, -0.2) is 24.1 Å². The van der Waals surface area contributed by atoms with E-state index in [4.69, 9.17) is 5.73 Å². The van der Waals surface area contributed by atoms with Crippen LogP contribution in [0.5, 0.6) is 5.75 Å². The fraction of sp³-hybridized carbons (Fsp3) is 0.312. The van der Waals surface area contributed by atoms with E-state index in [1.54, 1.807) is 0 Å². The second-order valence-corrected chi connectivity index (χ2v) is 5.53. The zero-order valence-corrected chi connectivity index (χ0v) is 13.7. The first kappa shape index (κ1) is 17.3. The molecule has 1 atom stereocenters. The van der Waals surface area contributed by atoms with Gasteiger partial charge in [-0.25, -0.2) is 0 Å². The van der Waals surface area contributed by atoms with Gasteiger partial charge in [-0.15, -0.1) is 0 Å². The molecule has 0 aliphatic carbocycles. The molecule has 0 radical (unpaired) electrons. The maximum atomic E-state index is 11.8. The average Bonchev–Trinajstić information content (AvgIpc) is 2.58. The van der Waals surface area contributed by atoms with Crippen molar-refractivity contribution in [1.29, 1.82) is 0 Å². The molecule has 0 aromatic heterocycles. The number of carbonyl (C=O) groups is 1. The fourth-order valence-electron chi connectivity index (χ4n) is 2.19. The van der Waals surface area contributed by atoms with Gasteiger partial charge < -0.3 is 26.8 Å². The Hall–Kier alpha value is -3.03. The van der Waals surface area contributed by atoms with E-state index < -0.39 is 16.8 Å².